The van der Waals surface area contributed by atoms with Crippen LogP contribution in [-0.4, -0.2) is 13.4 Å². The number of rotatable bonds is 4. The third-order valence-corrected chi connectivity index (χ3v) is 4.40. The number of methoxy groups -OCH3 is 1. The van der Waals surface area contributed by atoms with Crippen molar-refractivity contribution in [1.82, 2.24) is 0 Å². The molecule has 0 fully saturated rings. The lowest BCUT2D eigenvalue weighted by molar-refractivity contribution is 0.411. The Bertz CT molecular complexity index is 610. The predicted octanol–water partition coefficient (Wildman–Crippen LogP) is 4.08. The maximum atomic E-state index is 6.50. The Labute approximate surface area is 125 Å². The lowest BCUT2D eigenvalue weighted by Crippen LogP contribution is -2.14. The molecule has 0 saturated carbocycles. The van der Waals surface area contributed by atoms with Crippen LogP contribution in [0.2, 0.25) is 0 Å². The van der Waals surface area contributed by atoms with Gasteiger partial charge in [0, 0.05) is 4.90 Å². The Morgan fingerprint density at radius 1 is 1.05 bits per heavy atom. The molecule has 20 heavy (non-hydrogen) atoms. The maximum Gasteiger partial charge on any atom is 0.122 e. The summed E-state index contributed by atoms with van der Waals surface area (Å²) in [6.45, 7) is 4.13. The summed E-state index contributed by atoms with van der Waals surface area (Å²) < 4.78 is 5.37. The van der Waals surface area contributed by atoms with E-state index < -0.39 is 0 Å². The molecule has 3 heteroatoms. The van der Waals surface area contributed by atoms with E-state index in [1.54, 1.807) is 18.9 Å². The second kappa shape index (κ2) is 6.33. The summed E-state index contributed by atoms with van der Waals surface area (Å²) in [6.07, 6.45) is 2.08. The van der Waals surface area contributed by atoms with Crippen molar-refractivity contribution >= 4 is 11.8 Å². The van der Waals surface area contributed by atoms with E-state index in [0.29, 0.717) is 0 Å². The highest BCUT2D eigenvalue weighted by molar-refractivity contribution is 7.98. The van der Waals surface area contributed by atoms with Gasteiger partial charge in [-0.3, -0.25) is 0 Å². The Morgan fingerprint density at radius 3 is 2.40 bits per heavy atom. The molecule has 0 aliphatic heterocycles. The SMILES string of the molecule is COc1cc(C)c(C(N)c2ccccc2SC)cc1C. The fraction of sp³-hybridized carbons (Fsp3) is 0.294. The van der Waals surface area contributed by atoms with Crippen molar-refractivity contribution in [2.45, 2.75) is 24.8 Å². The Balaban J connectivity index is 2.48. The van der Waals surface area contributed by atoms with Gasteiger partial charge in [0.05, 0.1) is 13.2 Å². The molecule has 2 aromatic rings. The highest BCUT2D eigenvalue weighted by atomic mass is 32.2. The summed E-state index contributed by atoms with van der Waals surface area (Å²) in [4.78, 5) is 1.23. The number of ether oxygens (including phenoxy) is 1. The van der Waals surface area contributed by atoms with Crippen molar-refractivity contribution < 1.29 is 4.74 Å². The van der Waals surface area contributed by atoms with Crippen molar-refractivity contribution in [3.8, 4) is 5.75 Å². The highest BCUT2D eigenvalue weighted by Gasteiger charge is 2.16. The number of hydrogen-bond acceptors (Lipinski definition) is 3. The summed E-state index contributed by atoms with van der Waals surface area (Å²) in [6, 6.07) is 12.4. The smallest absolute Gasteiger partial charge is 0.122 e. The van der Waals surface area contributed by atoms with Crippen LogP contribution in [0.25, 0.3) is 0 Å². The van der Waals surface area contributed by atoms with Crippen LogP contribution in [-0.2, 0) is 0 Å². The number of benzene rings is 2. The summed E-state index contributed by atoms with van der Waals surface area (Å²) >= 11 is 1.73. The van der Waals surface area contributed by atoms with Gasteiger partial charge in [0.15, 0.2) is 0 Å². The second-order valence-corrected chi connectivity index (χ2v) is 5.75. The van der Waals surface area contributed by atoms with Gasteiger partial charge in [0.25, 0.3) is 0 Å². The zero-order chi connectivity index (χ0) is 14.7. The van der Waals surface area contributed by atoms with Crippen molar-refractivity contribution in [2.24, 2.45) is 5.73 Å². The molecule has 0 spiro atoms. The summed E-state index contributed by atoms with van der Waals surface area (Å²) in [5.41, 5.74) is 11.1. The number of hydrogen-bond donors (Lipinski definition) is 1. The standard InChI is InChI=1S/C17H21NOS/c1-11-10-15(19-3)12(2)9-14(11)17(18)13-7-5-6-8-16(13)20-4/h5-10,17H,18H2,1-4H3. The second-order valence-electron chi connectivity index (χ2n) is 4.90. The molecule has 2 nitrogen and oxygen atoms in total. The molecule has 0 radical (unpaired) electrons. The van der Waals surface area contributed by atoms with Crippen LogP contribution in [0.1, 0.15) is 28.3 Å². The molecule has 0 aliphatic rings. The topological polar surface area (TPSA) is 35.2 Å². The van der Waals surface area contributed by atoms with Gasteiger partial charge in [0.2, 0.25) is 0 Å². The third kappa shape index (κ3) is 2.84. The molecule has 0 bridgehead atoms. The monoisotopic (exact) mass is 287 g/mol. The molecule has 0 aromatic heterocycles. The Kier molecular flexibility index (Phi) is 4.73. The average Bonchev–Trinajstić information content (AvgIpc) is 2.48. The molecular formula is C17H21NOS. The lowest BCUT2D eigenvalue weighted by atomic mass is 9.94. The first-order chi connectivity index (χ1) is 9.58. The van der Waals surface area contributed by atoms with Gasteiger partial charge in [-0.2, -0.15) is 0 Å². The van der Waals surface area contributed by atoms with Crippen molar-refractivity contribution in [2.75, 3.05) is 13.4 Å². The molecule has 2 N–H and O–H groups in total. The molecule has 106 valence electrons. The van der Waals surface area contributed by atoms with E-state index in [9.17, 15) is 0 Å². The van der Waals surface area contributed by atoms with Crippen LogP contribution in [0.4, 0.5) is 0 Å². The average molecular weight is 287 g/mol. The Hall–Kier alpha value is -1.45. The van der Waals surface area contributed by atoms with Gasteiger partial charge in [-0.05, 0) is 54.5 Å². The van der Waals surface area contributed by atoms with Crippen molar-refractivity contribution in [1.29, 1.82) is 0 Å². The van der Waals surface area contributed by atoms with Gasteiger partial charge < -0.3 is 10.5 Å². The van der Waals surface area contributed by atoms with Gasteiger partial charge in [-0.25, -0.2) is 0 Å². The minimum Gasteiger partial charge on any atom is -0.496 e. The third-order valence-electron chi connectivity index (χ3n) is 3.59. The minimum atomic E-state index is -0.108. The van der Waals surface area contributed by atoms with E-state index in [2.05, 4.69) is 44.4 Å². The summed E-state index contributed by atoms with van der Waals surface area (Å²) in [5, 5.41) is 0. The van der Waals surface area contributed by atoms with Crippen LogP contribution < -0.4 is 10.5 Å². The number of thioether (sulfide) groups is 1. The van der Waals surface area contributed by atoms with Gasteiger partial charge in [-0.15, -0.1) is 11.8 Å². The van der Waals surface area contributed by atoms with E-state index in [4.69, 9.17) is 10.5 Å². The van der Waals surface area contributed by atoms with Gasteiger partial charge >= 0.3 is 0 Å². The highest BCUT2D eigenvalue weighted by Crippen LogP contribution is 2.32. The molecule has 1 unspecified atom stereocenters. The zero-order valence-electron chi connectivity index (χ0n) is 12.4. The van der Waals surface area contributed by atoms with E-state index in [0.717, 1.165) is 22.4 Å². The fourth-order valence-electron chi connectivity index (χ4n) is 2.46. The van der Waals surface area contributed by atoms with E-state index in [-0.39, 0.29) is 6.04 Å². The van der Waals surface area contributed by atoms with E-state index in [1.807, 2.05) is 12.1 Å². The lowest BCUT2D eigenvalue weighted by Gasteiger charge is -2.19. The van der Waals surface area contributed by atoms with Crippen LogP contribution in [0.15, 0.2) is 41.3 Å². The van der Waals surface area contributed by atoms with E-state index >= 15 is 0 Å². The number of nitrogens with two attached hydrogens (primary N) is 1. The molecule has 0 amide bonds. The van der Waals surface area contributed by atoms with Crippen molar-refractivity contribution in [3.63, 3.8) is 0 Å². The predicted molar refractivity (Wildman–Crippen MR) is 86.7 cm³/mol. The molecule has 1 atom stereocenters. The van der Waals surface area contributed by atoms with Crippen LogP contribution >= 0.6 is 11.8 Å². The molecule has 0 aliphatic carbocycles. The number of aryl methyl sites for hydroxylation is 2. The van der Waals surface area contributed by atoms with Gasteiger partial charge in [-0.1, -0.05) is 24.3 Å². The van der Waals surface area contributed by atoms with Crippen LogP contribution in [0.3, 0.4) is 0 Å². The zero-order valence-corrected chi connectivity index (χ0v) is 13.3. The molecule has 2 aromatic carbocycles. The normalized spacial score (nSPS) is 12.2. The Morgan fingerprint density at radius 2 is 1.75 bits per heavy atom. The minimum absolute atomic E-state index is 0.108. The molecule has 0 saturated heterocycles. The quantitative estimate of drug-likeness (QED) is 0.861. The fourth-order valence-corrected chi connectivity index (χ4v) is 3.10. The van der Waals surface area contributed by atoms with Gasteiger partial charge in [0.1, 0.15) is 5.75 Å². The molecule has 2 rings (SSSR count). The summed E-state index contributed by atoms with van der Waals surface area (Å²) in [7, 11) is 1.70. The maximum absolute atomic E-state index is 6.50. The van der Waals surface area contributed by atoms with Crippen LogP contribution in [0, 0.1) is 13.8 Å². The van der Waals surface area contributed by atoms with Crippen LogP contribution in [0.5, 0.6) is 5.75 Å². The van der Waals surface area contributed by atoms with Crippen molar-refractivity contribution in [3.05, 3.63) is 58.7 Å². The first-order valence-electron chi connectivity index (χ1n) is 6.62. The first-order valence-corrected chi connectivity index (χ1v) is 7.84. The molecule has 0 heterocycles. The summed E-state index contributed by atoms with van der Waals surface area (Å²) in [5.74, 6) is 0.914. The van der Waals surface area contributed by atoms with E-state index in [1.165, 1.54) is 10.5 Å². The largest absolute Gasteiger partial charge is 0.496 e. The first kappa shape index (κ1) is 14.9. The molecular weight excluding hydrogens is 266 g/mol.